The van der Waals surface area contributed by atoms with Gasteiger partial charge in [-0.05, 0) is 29.5 Å². The molecular formula is C14H20O2S2. The highest BCUT2D eigenvalue weighted by molar-refractivity contribution is 8.76. The van der Waals surface area contributed by atoms with Crippen molar-refractivity contribution >= 4 is 27.6 Å². The van der Waals surface area contributed by atoms with Crippen LogP contribution in [0.15, 0.2) is 29.2 Å². The molecular weight excluding hydrogens is 264 g/mol. The summed E-state index contributed by atoms with van der Waals surface area (Å²) in [6.07, 6.45) is 1.30. The molecule has 0 spiro atoms. The zero-order valence-electron chi connectivity index (χ0n) is 11.1. The van der Waals surface area contributed by atoms with Gasteiger partial charge in [0, 0.05) is 10.6 Å². The minimum absolute atomic E-state index is 0.222. The molecule has 0 saturated carbocycles. The van der Waals surface area contributed by atoms with E-state index in [9.17, 15) is 4.79 Å². The topological polar surface area (TPSA) is 37.3 Å². The van der Waals surface area contributed by atoms with Crippen molar-refractivity contribution in [1.29, 1.82) is 0 Å². The van der Waals surface area contributed by atoms with Crippen LogP contribution in [-0.4, -0.2) is 16.8 Å². The van der Waals surface area contributed by atoms with Gasteiger partial charge >= 0.3 is 5.97 Å². The molecule has 1 aromatic carbocycles. The van der Waals surface area contributed by atoms with E-state index in [1.165, 1.54) is 10.5 Å². The minimum Gasteiger partial charge on any atom is -0.481 e. The maximum Gasteiger partial charge on any atom is 0.304 e. The molecule has 1 N–H and O–H groups in total. The Kier molecular flexibility index (Phi) is 6.09. The Bertz CT molecular complexity index is 380. The number of carboxylic acids is 1. The van der Waals surface area contributed by atoms with Gasteiger partial charge in [-0.3, -0.25) is 4.79 Å². The Hall–Kier alpha value is -0.610. The van der Waals surface area contributed by atoms with Gasteiger partial charge < -0.3 is 5.11 Å². The average molecular weight is 284 g/mol. The second-order valence-corrected chi connectivity index (χ2v) is 7.92. The van der Waals surface area contributed by atoms with Crippen molar-refractivity contribution in [2.75, 3.05) is 5.75 Å². The normalized spacial score (nSPS) is 11.5. The van der Waals surface area contributed by atoms with E-state index in [4.69, 9.17) is 5.11 Å². The molecule has 0 aromatic heterocycles. The fourth-order valence-electron chi connectivity index (χ4n) is 1.51. The summed E-state index contributed by atoms with van der Waals surface area (Å²) in [5.41, 5.74) is 1.66. The van der Waals surface area contributed by atoms with Crippen molar-refractivity contribution in [3.8, 4) is 0 Å². The molecule has 1 rings (SSSR count). The van der Waals surface area contributed by atoms with Crippen molar-refractivity contribution in [2.24, 2.45) is 5.41 Å². The number of carbonyl (C=O) groups is 1. The molecule has 0 heterocycles. The summed E-state index contributed by atoms with van der Waals surface area (Å²) in [7, 11) is 3.23. The third-order valence-electron chi connectivity index (χ3n) is 2.21. The lowest BCUT2D eigenvalue weighted by Crippen LogP contribution is -2.08. The van der Waals surface area contributed by atoms with E-state index in [0.29, 0.717) is 11.2 Å². The van der Waals surface area contributed by atoms with Crippen LogP contribution in [0, 0.1) is 5.41 Å². The van der Waals surface area contributed by atoms with Gasteiger partial charge in [-0.15, -0.1) is 0 Å². The van der Waals surface area contributed by atoms with Gasteiger partial charge in [0.2, 0.25) is 0 Å². The maximum atomic E-state index is 10.4. The van der Waals surface area contributed by atoms with Crippen LogP contribution >= 0.6 is 21.6 Å². The van der Waals surface area contributed by atoms with Crippen molar-refractivity contribution in [3.05, 3.63) is 29.8 Å². The first-order valence-corrected chi connectivity index (χ1v) is 8.29. The molecule has 0 fully saturated rings. The molecule has 0 aliphatic carbocycles. The molecule has 0 atom stereocenters. The quantitative estimate of drug-likeness (QED) is 0.617. The lowest BCUT2D eigenvalue weighted by Gasteiger charge is -2.18. The molecule has 0 bridgehead atoms. The first-order chi connectivity index (χ1) is 8.37. The number of rotatable bonds is 6. The maximum absolute atomic E-state index is 10.4. The highest BCUT2D eigenvalue weighted by Crippen LogP contribution is 2.32. The predicted molar refractivity (Wildman–Crippen MR) is 80.2 cm³/mol. The van der Waals surface area contributed by atoms with Crippen LogP contribution in [0.4, 0.5) is 0 Å². The van der Waals surface area contributed by atoms with Crippen LogP contribution in [-0.2, 0) is 11.2 Å². The monoisotopic (exact) mass is 284 g/mol. The summed E-state index contributed by atoms with van der Waals surface area (Å²) in [6, 6.07) is 8.54. The summed E-state index contributed by atoms with van der Waals surface area (Å²) in [5, 5.41) is 8.53. The number of benzene rings is 1. The van der Waals surface area contributed by atoms with Crippen LogP contribution in [0.2, 0.25) is 0 Å². The Morgan fingerprint density at radius 3 is 2.33 bits per heavy atom. The summed E-state index contributed by atoms with van der Waals surface area (Å²) in [6.45, 7) is 6.70. The zero-order chi connectivity index (χ0) is 13.6. The van der Waals surface area contributed by atoms with Crippen molar-refractivity contribution in [1.82, 2.24) is 0 Å². The lowest BCUT2D eigenvalue weighted by molar-refractivity contribution is -0.136. The largest absolute Gasteiger partial charge is 0.481 e. The van der Waals surface area contributed by atoms with E-state index in [1.807, 2.05) is 0 Å². The second-order valence-electron chi connectivity index (χ2n) is 5.43. The van der Waals surface area contributed by atoms with E-state index in [2.05, 4.69) is 45.0 Å². The SMILES string of the molecule is CC(C)(C)Cc1ccc(SSCCC(=O)O)cc1. The molecule has 4 heteroatoms. The van der Waals surface area contributed by atoms with Crippen LogP contribution < -0.4 is 0 Å². The molecule has 2 nitrogen and oxygen atoms in total. The smallest absolute Gasteiger partial charge is 0.304 e. The summed E-state index contributed by atoms with van der Waals surface area (Å²) >= 11 is 0. The van der Waals surface area contributed by atoms with Crippen molar-refractivity contribution in [3.63, 3.8) is 0 Å². The molecule has 0 aliphatic rings. The molecule has 100 valence electrons. The van der Waals surface area contributed by atoms with Gasteiger partial charge in [0.25, 0.3) is 0 Å². The molecule has 18 heavy (non-hydrogen) atoms. The fraction of sp³-hybridized carbons (Fsp3) is 0.500. The Labute approximate surface area is 117 Å². The number of carboxylic acid groups (broad SMARTS) is 1. The van der Waals surface area contributed by atoms with Crippen molar-refractivity contribution in [2.45, 2.75) is 38.5 Å². The van der Waals surface area contributed by atoms with Crippen LogP contribution in [0.3, 0.4) is 0 Å². The fourth-order valence-corrected chi connectivity index (χ4v) is 3.48. The summed E-state index contributed by atoms with van der Waals surface area (Å²) in [4.78, 5) is 11.5. The first-order valence-electron chi connectivity index (χ1n) is 5.97. The molecule has 1 aromatic rings. The van der Waals surface area contributed by atoms with Crippen LogP contribution in [0.25, 0.3) is 0 Å². The predicted octanol–water partition coefficient (Wildman–Crippen LogP) is 4.49. The van der Waals surface area contributed by atoms with Gasteiger partial charge in [-0.2, -0.15) is 0 Å². The van der Waals surface area contributed by atoms with E-state index < -0.39 is 5.97 Å². The van der Waals surface area contributed by atoms with Gasteiger partial charge in [-0.1, -0.05) is 54.5 Å². The van der Waals surface area contributed by atoms with Crippen molar-refractivity contribution < 1.29 is 9.90 Å². The third-order valence-corrected chi connectivity index (χ3v) is 4.60. The number of hydrogen-bond acceptors (Lipinski definition) is 3. The van der Waals surface area contributed by atoms with Crippen LogP contribution in [0.5, 0.6) is 0 Å². The van der Waals surface area contributed by atoms with E-state index in [0.717, 1.165) is 6.42 Å². The lowest BCUT2D eigenvalue weighted by atomic mass is 9.88. The van der Waals surface area contributed by atoms with Gasteiger partial charge in [0.1, 0.15) is 0 Å². The van der Waals surface area contributed by atoms with E-state index in [-0.39, 0.29) is 6.42 Å². The van der Waals surface area contributed by atoms with E-state index in [1.54, 1.807) is 21.6 Å². The standard InChI is InChI=1S/C14H20O2S2/c1-14(2,3)10-11-4-6-12(7-5-11)18-17-9-8-13(15)16/h4-7H,8-10H2,1-3H3,(H,15,16). The number of hydrogen-bond donors (Lipinski definition) is 1. The molecule has 0 saturated heterocycles. The highest BCUT2D eigenvalue weighted by Gasteiger charge is 2.10. The molecule has 0 unspecified atom stereocenters. The molecule has 0 radical (unpaired) electrons. The zero-order valence-corrected chi connectivity index (χ0v) is 12.7. The summed E-state index contributed by atoms with van der Waals surface area (Å²) < 4.78 is 0. The Morgan fingerprint density at radius 1 is 1.22 bits per heavy atom. The minimum atomic E-state index is -0.733. The average Bonchev–Trinajstić information content (AvgIpc) is 2.24. The number of aliphatic carboxylic acids is 1. The third kappa shape index (κ3) is 6.97. The highest BCUT2D eigenvalue weighted by atomic mass is 33.1. The molecule has 0 aliphatic heterocycles. The first kappa shape index (κ1) is 15.4. The van der Waals surface area contributed by atoms with Crippen LogP contribution in [0.1, 0.15) is 32.8 Å². The van der Waals surface area contributed by atoms with Gasteiger partial charge in [-0.25, -0.2) is 0 Å². The summed E-state index contributed by atoms with van der Waals surface area (Å²) in [5.74, 6) is -0.0902. The van der Waals surface area contributed by atoms with Gasteiger partial charge in [0.05, 0.1) is 6.42 Å². The van der Waals surface area contributed by atoms with E-state index >= 15 is 0 Å². The Balaban J connectivity index is 2.38. The second kappa shape index (κ2) is 7.10. The van der Waals surface area contributed by atoms with Gasteiger partial charge in [0.15, 0.2) is 0 Å². The Morgan fingerprint density at radius 2 is 1.83 bits per heavy atom. The molecule has 0 amide bonds.